The smallest absolute Gasteiger partial charge is 0.265 e. The van der Waals surface area contributed by atoms with Crippen molar-refractivity contribution < 1.29 is 13.2 Å². The van der Waals surface area contributed by atoms with Crippen LogP contribution in [0.2, 0.25) is 0 Å². The van der Waals surface area contributed by atoms with E-state index >= 15 is 0 Å². The number of alkyl halides is 3. The van der Waals surface area contributed by atoms with Crippen molar-refractivity contribution in [1.29, 1.82) is 0 Å². The summed E-state index contributed by atoms with van der Waals surface area (Å²) in [5.41, 5.74) is 0.357. The molecule has 0 spiro atoms. The molecule has 22 heavy (non-hydrogen) atoms. The van der Waals surface area contributed by atoms with Gasteiger partial charge in [0.25, 0.3) is 0 Å². The number of hydrogen-bond acceptors (Lipinski definition) is 1. The van der Waals surface area contributed by atoms with Gasteiger partial charge < -0.3 is 0 Å². The van der Waals surface area contributed by atoms with Crippen LogP contribution in [-0.2, 0) is 6.18 Å². The summed E-state index contributed by atoms with van der Waals surface area (Å²) in [6.07, 6.45) is 1.94. The van der Waals surface area contributed by atoms with Gasteiger partial charge in [-0.05, 0) is 34.0 Å². The fraction of sp³-hybridized carbons (Fsp3) is 0.0556. The Kier molecular flexibility index (Phi) is 3.67. The lowest BCUT2D eigenvalue weighted by molar-refractivity contribution is -0.136. The van der Waals surface area contributed by atoms with E-state index in [1.807, 2.05) is 0 Å². The molecule has 0 amide bonds. The van der Waals surface area contributed by atoms with Gasteiger partial charge in [-0.15, -0.1) is 0 Å². The van der Waals surface area contributed by atoms with E-state index in [4.69, 9.17) is 0 Å². The minimum atomic E-state index is -4.40. The Hall–Kier alpha value is -2.62. The van der Waals surface area contributed by atoms with E-state index in [0.29, 0.717) is 5.39 Å². The number of benzene rings is 2. The molecule has 0 radical (unpaired) electrons. The van der Waals surface area contributed by atoms with Crippen molar-refractivity contribution in [3.05, 3.63) is 77.6 Å². The first-order valence-electron chi connectivity index (χ1n) is 6.73. The maximum absolute atomic E-state index is 13.5. The second-order valence-electron chi connectivity index (χ2n) is 4.86. The summed E-state index contributed by atoms with van der Waals surface area (Å²) in [6.45, 7) is 0. The molecule has 0 saturated carbocycles. The van der Waals surface area contributed by atoms with Gasteiger partial charge in [0.1, 0.15) is 0 Å². The molecule has 0 fully saturated rings. The third-order valence-corrected chi connectivity index (χ3v) is 3.41. The first kappa shape index (κ1) is 14.3. The monoisotopic (exact) mass is 299 g/mol. The summed E-state index contributed by atoms with van der Waals surface area (Å²) in [6, 6.07) is 13.2. The number of aromatic nitrogens is 1. The lowest BCUT2D eigenvalue weighted by Crippen LogP contribution is -2.08. The first-order chi connectivity index (χ1) is 10.6. The summed E-state index contributed by atoms with van der Waals surface area (Å²) in [4.78, 5) is 3.88. The molecule has 0 bridgehead atoms. The molecule has 3 rings (SSSR count). The van der Waals surface area contributed by atoms with Crippen LogP contribution in [-0.4, -0.2) is 4.98 Å². The highest BCUT2D eigenvalue weighted by atomic mass is 19.4. The van der Waals surface area contributed by atoms with E-state index in [-0.39, 0.29) is 10.9 Å². The van der Waals surface area contributed by atoms with Gasteiger partial charge in [0.05, 0.1) is 5.56 Å². The Morgan fingerprint density at radius 3 is 2.27 bits per heavy atom. The molecule has 0 aliphatic carbocycles. The van der Waals surface area contributed by atoms with E-state index < -0.39 is 11.7 Å². The quantitative estimate of drug-likeness (QED) is 0.615. The van der Waals surface area contributed by atoms with E-state index in [1.54, 1.807) is 54.9 Å². The maximum atomic E-state index is 13.5. The van der Waals surface area contributed by atoms with Gasteiger partial charge in [0.15, 0.2) is 0 Å². The minimum absolute atomic E-state index is 0.156. The van der Waals surface area contributed by atoms with Gasteiger partial charge in [0.2, 0.25) is 0 Å². The third-order valence-electron chi connectivity index (χ3n) is 3.41. The molecule has 0 saturated heterocycles. The Labute approximate surface area is 125 Å². The van der Waals surface area contributed by atoms with Crippen molar-refractivity contribution >= 4 is 22.9 Å². The fourth-order valence-corrected chi connectivity index (χ4v) is 2.40. The first-order valence-corrected chi connectivity index (χ1v) is 6.73. The van der Waals surface area contributed by atoms with Gasteiger partial charge in [-0.3, -0.25) is 4.98 Å². The van der Waals surface area contributed by atoms with Crippen LogP contribution in [0.4, 0.5) is 13.2 Å². The summed E-state index contributed by atoms with van der Waals surface area (Å²) >= 11 is 0. The van der Waals surface area contributed by atoms with Crippen LogP contribution in [0.5, 0.6) is 0 Å². The second kappa shape index (κ2) is 5.64. The molecule has 1 aromatic heterocycles. The second-order valence-corrected chi connectivity index (χ2v) is 4.86. The lowest BCUT2D eigenvalue weighted by Gasteiger charge is -2.14. The molecule has 1 heterocycles. The van der Waals surface area contributed by atoms with Crippen LogP contribution in [0, 0.1) is 0 Å². The van der Waals surface area contributed by atoms with Crippen molar-refractivity contribution in [2.24, 2.45) is 0 Å². The van der Waals surface area contributed by atoms with Gasteiger partial charge in [-0.25, -0.2) is 0 Å². The predicted molar refractivity (Wildman–Crippen MR) is 82.1 cm³/mol. The van der Waals surface area contributed by atoms with Crippen LogP contribution in [0.25, 0.3) is 22.9 Å². The number of rotatable bonds is 2. The molecule has 2 aromatic carbocycles. The van der Waals surface area contributed by atoms with Gasteiger partial charge in [-0.2, -0.15) is 13.2 Å². The van der Waals surface area contributed by atoms with Crippen molar-refractivity contribution in [2.45, 2.75) is 6.18 Å². The number of nitrogens with zero attached hydrogens (tertiary/aromatic N) is 1. The Bertz CT molecular complexity index is 821. The molecule has 1 nitrogen and oxygen atoms in total. The normalized spacial score (nSPS) is 12.1. The molecule has 0 atom stereocenters. The highest BCUT2D eigenvalue weighted by Gasteiger charge is 2.34. The van der Waals surface area contributed by atoms with Crippen LogP contribution < -0.4 is 0 Å². The van der Waals surface area contributed by atoms with E-state index in [9.17, 15) is 13.2 Å². The standard InChI is InChI=1S/C18H12F3N/c19-18(20,21)17-15(6-5-13-9-11-22-12-10-13)8-7-14-3-1-2-4-16(14)17/h1-12H/b6-5+. The molecular formula is C18H12F3N. The average Bonchev–Trinajstić information content (AvgIpc) is 2.52. The number of halogens is 3. The third kappa shape index (κ3) is 2.86. The van der Waals surface area contributed by atoms with Crippen LogP contribution >= 0.6 is 0 Å². The zero-order chi connectivity index (χ0) is 15.6. The lowest BCUT2D eigenvalue weighted by atomic mass is 9.97. The Balaban J connectivity index is 2.15. The van der Waals surface area contributed by atoms with Crippen molar-refractivity contribution in [2.75, 3.05) is 0 Å². The van der Waals surface area contributed by atoms with Gasteiger partial charge in [-0.1, -0.05) is 48.6 Å². The van der Waals surface area contributed by atoms with Gasteiger partial charge in [0, 0.05) is 12.4 Å². The van der Waals surface area contributed by atoms with E-state index in [0.717, 1.165) is 5.56 Å². The summed E-state index contributed by atoms with van der Waals surface area (Å²) in [7, 11) is 0. The predicted octanol–water partition coefficient (Wildman–Crippen LogP) is 5.42. The number of pyridine rings is 1. The van der Waals surface area contributed by atoms with Gasteiger partial charge >= 0.3 is 6.18 Å². The summed E-state index contributed by atoms with van der Waals surface area (Å²) in [5.74, 6) is 0. The maximum Gasteiger partial charge on any atom is 0.417 e. The highest BCUT2D eigenvalue weighted by molar-refractivity contribution is 5.90. The summed E-state index contributed by atoms with van der Waals surface area (Å²) in [5, 5.41) is 0.794. The zero-order valence-corrected chi connectivity index (χ0v) is 11.5. The number of hydrogen-bond donors (Lipinski definition) is 0. The van der Waals surface area contributed by atoms with Crippen molar-refractivity contribution in [3.63, 3.8) is 0 Å². The van der Waals surface area contributed by atoms with Crippen LogP contribution in [0.15, 0.2) is 60.9 Å². The molecule has 3 aromatic rings. The molecule has 0 aliphatic heterocycles. The minimum Gasteiger partial charge on any atom is -0.265 e. The highest BCUT2D eigenvalue weighted by Crippen LogP contribution is 2.38. The van der Waals surface area contributed by atoms with Crippen molar-refractivity contribution in [3.8, 4) is 0 Å². The fourth-order valence-electron chi connectivity index (χ4n) is 2.40. The molecule has 110 valence electrons. The molecular weight excluding hydrogens is 287 g/mol. The average molecular weight is 299 g/mol. The van der Waals surface area contributed by atoms with Crippen molar-refractivity contribution in [1.82, 2.24) is 4.98 Å². The van der Waals surface area contributed by atoms with E-state index in [2.05, 4.69) is 4.98 Å². The topological polar surface area (TPSA) is 12.9 Å². The van der Waals surface area contributed by atoms with E-state index in [1.165, 1.54) is 18.2 Å². The zero-order valence-electron chi connectivity index (χ0n) is 11.5. The molecule has 0 unspecified atom stereocenters. The molecule has 0 aliphatic rings. The molecule has 4 heteroatoms. The Morgan fingerprint density at radius 1 is 0.818 bits per heavy atom. The Morgan fingerprint density at radius 2 is 1.55 bits per heavy atom. The summed E-state index contributed by atoms with van der Waals surface area (Å²) < 4.78 is 40.4. The SMILES string of the molecule is FC(F)(F)c1c(/C=C/c2ccncc2)ccc2ccccc12. The largest absolute Gasteiger partial charge is 0.417 e. The van der Waals surface area contributed by atoms with Crippen LogP contribution in [0.1, 0.15) is 16.7 Å². The van der Waals surface area contributed by atoms with Crippen LogP contribution in [0.3, 0.4) is 0 Å². The number of fused-ring (bicyclic) bond motifs is 1. The molecule has 0 N–H and O–H groups in total.